The highest BCUT2D eigenvalue weighted by Gasteiger charge is 2.29. The van der Waals surface area contributed by atoms with E-state index in [1.54, 1.807) is 0 Å². The molecule has 0 aliphatic heterocycles. The van der Waals surface area contributed by atoms with Crippen LogP contribution in [0.2, 0.25) is 0 Å². The second-order valence-electron chi connectivity index (χ2n) is 4.98. The van der Waals surface area contributed by atoms with Gasteiger partial charge in [-0.15, -0.1) is 11.3 Å². The van der Waals surface area contributed by atoms with E-state index in [2.05, 4.69) is 10.6 Å². The average Bonchev–Trinajstić information content (AvgIpc) is 2.91. The zero-order chi connectivity index (χ0) is 15.2. The van der Waals surface area contributed by atoms with Gasteiger partial charge in [-0.25, -0.2) is 0 Å². The van der Waals surface area contributed by atoms with E-state index in [0.29, 0.717) is 6.54 Å². The average molecular weight is 298 g/mol. The topological polar surface area (TPSA) is 67.4 Å². The van der Waals surface area contributed by atoms with Crippen LogP contribution in [0.1, 0.15) is 38.1 Å². The van der Waals surface area contributed by atoms with Crippen LogP contribution >= 0.6 is 11.3 Å². The largest absolute Gasteiger partial charge is 0.469 e. The van der Waals surface area contributed by atoms with Crippen molar-refractivity contribution in [1.29, 1.82) is 0 Å². The second kappa shape index (κ2) is 7.40. The van der Waals surface area contributed by atoms with Crippen LogP contribution in [-0.2, 0) is 14.3 Å². The Morgan fingerprint density at radius 3 is 2.65 bits per heavy atom. The molecule has 5 nitrogen and oxygen atoms in total. The van der Waals surface area contributed by atoms with Gasteiger partial charge in [0.25, 0.3) is 0 Å². The maximum Gasteiger partial charge on any atom is 0.307 e. The number of rotatable bonds is 7. The lowest BCUT2D eigenvalue weighted by Gasteiger charge is -2.27. The number of carbonyl (C=O) groups is 2. The number of amides is 1. The highest BCUT2D eigenvalue weighted by atomic mass is 32.1. The van der Waals surface area contributed by atoms with Crippen molar-refractivity contribution >= 4 is 23.2 Å². The number of hydrogen-bond acceptors (Lipinski definition) is 5. The van der Waals surface area contributed by atoms with E-state index in [-0.39, 0.29) is 24.3 Å². The van der Waals surface area contributed by atoms with Crippen molar-refractivity contribution in [2.45, 2.75) is 38.8 Å². The Hall–Kier alpha value is -1.40. The van der Waals surface area contributed by atoms with Crippen LogP contribution in [0.4, 0.5) is 0 Å². The predicted octanol–water partition coefficient (Wildman–Crippen LogP) is 1.86. The fourth-order valence-electron chi connectivity index (χ4n) is 1.82. The summed E-state index contributed by atoms with van der Waals surface area (Å²) >= 11 is 1.51. The minimum Gasteiger partial charge on any atom is -0.469 e. The molecule has 0 aliphatic rings. The van der Waals surface area contributed by atoms with Gasteiger partial charge >= 0.3 is 5.97 Å². The van der Waals surface area contributed by atoms with Gasteiger partial charge in [0.1, 0.15) is 0 Å². The summed E-state index contributed by atoms with van der Waals surface area (Å²) in [5.41, 5.74) is -0.680. The van der Waals surface area contributed by atoms with E-state index >= 15 is 0 Å². The van der Waals surface area contributed by atoms with Crippen LogP contribution < -0.4 is 10.6 Å². The highest BCUT2D eigenvalue weighted by molar-refractivity contribution is 7.10. The normalized spacial score (nSPS) is 12.8. The Kier molecular flexibility index (Phi) is 6.16. The molecule has 0 fully saturated rings. The maximum atomic E-state index is 12.3. The van der Waals surface area contributed by atoms with Gasteiger partial charge in [-0.1, -0.05) is 13.0 Å². The van der Waals surface area contributed by atoms with Crippen molar-refractivity contribution in [2.24, 2.45) is 0 Å². The zero-order valence-corrected chi connectivity index (χ0v) is 13.2. The first-order valence-corrected chi connectivity index (χ1v) is 7.45. The first-order chi connectivity index (χ1) is 9.40. The molecule has 0 saturated heterocycles. The highest BCUT2D eigenvalue weighted by Crippen LogP contribution is 2.23. The Bertz CT molecular complexity index is 443. The SMILES string of the molecule is CCNC(C)(C)C(=O)NC(CC(=O)OC)c1cccs1. The summed E-state index contributed by atoms with van der Waals surface area (Å²) in [5, 5.41) is 7.95. The van der Waals surface area contributed by atoms with Crippen LogP contribution in [-0.4, -0.2) is 31.1 Å². The Morgan fingerprint density at radius 2 is 2.15 bits per heavy atom. The Morgan fingerprint density at radius 1 is 1.45 bits per heavy atom. The van der Waals surface area contributed by atoms with Crippen LogP contribution in [0.5, 0.6) is 0 Å². The number of carbonyl (C=O) groups excluding carboxylic acids is 2. The molecule has 1 aromatic rings. The molecule has 1 amide bonds. The molecule has 0 saturated carbocycles. The number of nitrogens with one attached hydrogen (secondary N) is 2. The molecule has 0 bridgehead atoms. The monoisotopic (exact) mass is 298 g/mol. The Labute approximate surface area is 123 Å². The van der Waals surface area contributed by atoms with Crippen molar-refractivity contribution in [3.63, 3.8) is 0 Å². The third-order valence-electron chi connectivity index (χ3n) is 2.98. The van der Waals surface area contributed by atoms with Crippen molar-refractivity contribution < 1.29 is 14.3 Å². The van der Waals surface area contributed by atoms with Gasteiger partial charge in [-0.05, 0) is 31.8 Å². The summed E-state index contributed by atoms with van der Waals surface area (Å²) in [6, 6.07) is 3.44. The lowest BCUT2D eigenvalue weighted by atomic mass is 10.0. The maximum absolute atomic E-state index is 12.3. The van der Waals surface area contributed by atoms with E-state index in [0.717, 1.165) is 4.88 Å². The van der Waals surface area contributed by atoms with E-state index in [1.807, 2.05) is 38.3 Å². The number of ether oxygens (including phenoxy) is 1. The zero-order valence-electron chi connectivity index (χ0n) is 12.4. The molecule has 2 N–H and O–H groups in total. The smallest absolute Gasteiger partial charge is 0.307 e. The minimum absolute atomic E-state index is 0.130. The molecule has 20 heavy (non-hydrogen) atoms. The number of likely N-dealkylation sites (N-methyl/N-ethyl adjacent to an activating group) is 1. The lowest BCUT2D eigenvalue weighted by Crippen LogP contribution is -2.53. The molecule has 112 valence electrons. The summed E-state index contributed by atoms with van der Waals surface area (Å²) in [6.45, 7) is 6.27. The molecule has 1 rings (SSSR count). The van der Waals surface area contributed by atoms with E-state index in [4.69, 9.17) is 4.74 Å². The van der Waals surface area contributed by atoms with Gasteiger partial charge in [0, 0.05) is 4.88 Å². The third kappa shape index (κ3) is 4.61. The molecule has 1 atom stereocenters. The number of esters is 1. The van der Waals surface area contributed by atoms with E-state index in [9.17, 15) is 9.59 Å². The molecular formula is C14H22N2O3S. The van der Waals surface area contributed by atoms with Crippen molar-refractivity contribution in [2.75, 3.05) is 13.7 Å². The molecule has 1 aromatic heterocycles. The van der Waals surface area contributed by atoms with Crippen molar-refractivity contribution in [3.05, 3.63) is 22.4 Å². The van der Waals surface area contributed by atoms with Crippen LogP contribution in [0.3, 0.4) is 0 Å². The second-order valence-corrected chi connectivity index (χ2v) is 5.96. The van der Waals surface area contributed by atoms with Crippen molar-refractivity contribution in [1.82, 2.24) is 10.6 Å². The Balaban J connectivity index is 2.80. The summed E-state index contributed by atoms with van der Waals surface area (Å²) in [4.78, 5) is 24.7. The van der Waals surface area contributed by atoms with Gasteiger partial charge < -0.3 is 15.4 Å². The van der Waals surface area contributed by atoms with Gasteiger partial charge in [0.2, 0.25) is 5.91 Å². The van der Waals surface area contributed by atoms with Gasteiger partial charge in [0.05, 0.1) is 25.1 Å². The molecule has 0 spiro atoms. The molecule has 6 heteroatoms. The predicted molar refractivity (Wildman–Crippen MR) is 79.6 cm³/mol. The fraction of sp³-hybridized carbons (Fsp3) is 0.571. The number of thiophene rings is 1. The van der Waals surface area contributed by atoms with Gasteiger partial charge in [-0.2, -0.15) is 0 Å². The minimum atomic E-state index is -0.680. The third-order valence-corrected chi connectivity index (χ3v) is 3.96. The van der Waals surface area contributed by atoms with Gasteiger partial charge in [0.15, 0.2) is 0 Å². The van der Waals surface area contributed by atoms with Crippen LogP contribution in [0.15, 0.2) is 17.5 Å². The van der Waals surface area contributed by atoms with E-state index < -0.39 is 5.54 Å². The van der Waals surface area contributed by atoms with Gasteiger partial charge in [-0.3, -0.25) is 9.59 Å². The standard InChI is InChI=1S/C14H22N2O3S/c1-5-15-14(2,3)13(18)16-10(9-12(17)19-4)11-7-6-8-20-11/h6-8,10,15H,5,9H2,1-4H3,(H,16,18). The molecule has 0 radical (unpaired) electrons. The summed E-state index contributed by atoms with van der Waals surface area (Å²) in [5.74, 6) is -0.480. The first kappa shape index (κ1) is 16.7. The first-order valence-electron chi connectivity index (χ1n) is 6.57. The molecule has 0 aromatic carbocycles. The summed E-state index contributed by atoms with van der Waals surface area (Å²) < 4.78 is 4.69. The summed E-state index contributed by atoms with van der Waals surface area (Å²) in [7, 11) is 1.35. The van der Waals surface area contributed by atoms with Crippen LogP contribution in [0, 0.1) is 0 Å². The van der Waals surface area contributed by atoms with E-state index in [1.165, 1.54) is 18.4 Å². The molecule has 1 heterocycles. The quantitative estimate of drug-likeness (QED) is 0.754. The van der Waals surface area contributed by atoms with Crippen LogP contribution in [0.25, 0.3) is 0 Å². The lowest BCUT2D eigenvalue weighted by molar-refractivity contribution is -0.141. The number of hydrogen-bond donors (Lipinski definition) is 2. The molecule has 1 unspecified atom stereocenters. The molecular weight excluding hydrogens is 276 g/mol. The van der Waals surface area contributed by atoms with Crippen molar-refractivity contribution in [3.8, 4) is 0 Å². The fourth-order valence-corrected chi connectivity index (χ4v) is 2.60. The molecule has 0 aliphatic carbocycles. The number of methoxy groups -OCH3 is 1. The summed E-state index contributed by atoms with van der Waals surface area (Å²) in [6.07, 6.45) is 0.130.